The molecule has 0 amide bonds. The van der Waals surface area contributed by atoms with Crippen LogP contribution in [0, 0.1) is 6.92 Å². The quantitative estimate of drug-likeness (QED) is 0.881. The van der Waals surface area contributed by atoms with E-state index in [1.54, 1.807) is 13.0 Å². The molecule has 0 aliphatic heterocycles. The first kappa shape index (κ1) is 13.9. The molecular formula is C15H16N2O3. The van der Waals surface area contributed by atoms with Gasteiger partial charge in [0.15, 0.2) is 0 Å². The van der Waals surface area contributed by atoms with Crippen LogP contribution in [0.3, 0.4) is 0 Å². The number of carbonyl (C=O) groups is 1. The lowest BCUT2D eigenvalue weighted by Gasteiger charge is -2.12. The molecule has 2 aromatic rings. The minimum absolute atomic E-state index is 0.112. The summed E-state index contributed by atoms with van der Waals surface area (Å²) in [5.41, 5.74) is 7.88. The number of hydrogen-bond donors (Lipinski definition) is 2. The first-order chi connectivity index (χ1) is 9.49. The van der Waals surface area contributed by atoms with Crippen LogP contribution in [0.5, 0.6) is 0 Å². The number of aliphatic carboxylic acids is 1. The molecule has 0 spiro atoms. The second-order valence-corrected chi connectivity index (χ2v) is 4.67. The van der Waals surface area contributed by atoms with Crippen LogP contribution in [0.15, 0.2) is 41.2 Å². The predicted octanol–water partition coefficient (Wildman–Crippen LogP) is 1.41. The standard InChI is InChI=1S/C15H16N2O3/c1-10-7-12(8-11-5-3-2-4-6-11)14(16)15(20)17(10)9-13(18)19/h2-7H,8-9,16H2,1H3,(H,18,19). The fourth-order valence-electron chi connectivity index (χ4n) is 2.14. The Bertz CT molecular complexity index is 690. The van der Waals surface area contributed by atoms with Gasteiger partial charge < -0.3 is 10.8 Å². The highest BCUT2D eigenvalue weighted by molar-refractivity contribution is 5.67. The lowest BCUT2D eigenvalue weighted by molar-refractivity contribution is -0.137. The molecule has 0 aliphatic rings. The van der Waals surface area contributed by atoms with Crippen molar-refractivity contribution in [3.63, 3.8) is 0 Å². The molecule has 0 saturated carbocycles. The van der Waals surface area contributed by atoms with Gasteiger partial charge in [-0.05, 0) is 30.5 Å². The molecule has 5 nitrogen and oxygen atoms in total. The van der Waals surface area contributed by atoms with Gasteiger partial charge in [0.25, 0.3) is 5.56 Å². The Morgan fingerprint density at radius 3 is 2.55 bits per heavy atom. The summed E-state index contributed by atoms with van der Waals surface area (Å²) >= 11 is 0. The topological polar surface area (TPSA) is 85.3 Å². The highest BCUT2D eigenvalue weighted by Crippen LogP contribution is 2.15. The average Bonchev–Trinajstić information content (AvgIpc) is 2.42. The van der Waals surface area contributed by atoms with Crippen LogP contribution in [0.2, 0.25) is 0 Å². The SMILES string of the molecule is Cc1cc(Cc2ccccc2)c(N)c(=O)n1CC(=O)O. The van der Waals surface area contributed by atoms with E-state index in [1.165, 1.54) is 4.57 Å². The van der Waals surface area contributed by atoms with Crippen LogP contribution in [0.1, 0.15) is 16.8 Å². The van der Waals surface area contributed by atoms with Crippen molar-refractivity contribution < 1.29 is 9.90 Å². The number of benzene rings is 1. The second-order valence-electron chi connectivity index (χ2n) is 4.67. The first-order valence-corrected chi connectivity index (χ1v) is 6.23. The highest BCUT2D eigenvalue weighted by Gasteiger charge is 2.12. The Balaban J connectivity index is 2.42. The molecule has 3 N–H and O–H groups in total. The number of pyridine rings is 1. The van der Waals surface area contributed by atoms with Crippen LogP contribution in [0.25, 0.3) is 0 Å². The van der Waals surface area contributed by atoms with Gasteiger partial charge in [0.2, 0.25) is 0 Å². The van der Waals surface area contributed by atoms with E-state index < -0.39 is 11.5 Å². The van der Waals surface area contributed by atoms with Gasteiger partial charge in [-0.25, -0.2) is 0 Å². The van der Waals surface area contributed by atoms with Gasteiger partial charge in [0, 0.05) is 5.69 Å². The zero-order valence-electron chi connectivity index (χ0n) is 11.2. The van der Waals surface area contributed by atoms with Gasteiger partial charge in [-0.3, -0.25) is 14.2 Å². The summed E-state index contributed by atoms with van der Waals surface area (Å²) in [5.74, 6) is -1.06. The van der Waals surface area contributed by atoms with Crippen molar-refractivity contribution in [3.05, 3.63) is 63.6 Å². The lowest BCUT2D eigenvalue weighted by Crippen LogP contribution is -2.29. The largest absolute Gasteiger partial charge is 0.480 e. The molecule has 5 heteroatoms. The Hall–Kier alpha value is -2.56. The Morgan fingerprint density at radius 2 is 1.95 bits per heavy atom. The zero-order chi connectivity index (χ0) is 14.7. The predicted molar refractivity (Wildman–Crippen MR) is 76.7 cm³/mol. The summed E-state index contributed by atoms with van der Waals surface area (Å²) in [4.78, 5) is 22.9. The summed E-state index contributed by atoms with van der Waals surface area (Å²) in [6, 6.07) is 11.4. The number of nitrogens with zero attached hydrogens (tertiary/aromatic N) is 1. The molecule has 1 aromatic carbocycles. The summed E-state index contributed by atoms with van der Waals surface area (Å²) in [6.45, 7) is 1.33. The lowest BCUT2D eigenvalue weighted by atomic mass is 10.0. The zero-order valence-corrected chi connectivity index (χ0v) is 11.2. The fourth-order valence-corrected chi connectivity index (χ4v) is 2.14. The van der Waals surface area contributed by atoms with E-state index >= 15 is 0 Å². The maximum Gasteiger partial charge on any atom is 0.323 e. The maximum absolute atomic E-state index is 12.1. The van der Waals surface area contributed by atoms with Gasteiger partial charge in [0.1, 0.15) is 12.2 Å². The van der Waals surface area contributed by atoms with Crippen LogP contribution in [-0.4, -0.2) is 15.6 Å². The molecule has 0 atom stereocenters. The van der Waals surface area contributed by atoms with Crippen molar-refractivity contribution in [3.8, 4) is 0 Å². The van der Waals surface area contributed by atoms with Gasteiger partial charge in [-0.2, -0.15) is 0 Å². The molecule has 1 heterocycles. The van der Waals surface area contributed by atoms with Crippen molar-refractivity contribution in [2.24, 2.45) is 0 Å². The molecule has 1 aromatic heterocycles. The van der Waals surface area contributed by atoms with Crippen molar-refractivity contribution in [1.29, 1.82) is 0 Å². The smallest absolute Gasteiger partial charge is 0.323 e. The number of carboxylic acid groups (broad SMARTS) is 1. The van der Waals surface area contributed by atoms with Gasteiger partial charge in [-0.15, -0.1) is 0 Å². The van der Waals surface area contributed by atoms with Gasteiger partial charge in [0.05, 0.1) is 0 Å². The van der Waals surface area contributed by atoms with E-state index in [2.05, 4.69) is 0 Å². The third kappa shape index (κ3) is 2.88. The molecule has 20 heavy (non-hydrogen) atoms. The van der Waals surface area contributed by atoms with E-state index in [1.807, 2.05) is 30.3 Å². The third-order valence-electron chi connectivity index (χ3n) is 3.16. The maximum atomic E-state index is 12.1. The molecule has 0 radical (unpaired) electrons. The highest BCUT2D eigenvalue weighted by atomic mass is 16.4. The van der Waals surface area contributed by atoms with Crippen LogP contribution < -0.4 is 11.3 Å². The summed E-state index contributed by atoms with van der Waals surface area (Å²) < 4.78 is 1.17. The molecule has 0 saturated heterocycles. The first-order valence-electron chi connectivity index (χ1n) is 6.23. The summed E-state index contributed by atoms with van der Waals surface area (Å²) in [6.07, 6.45) is 0.552. The summed E-state index contributed by atoms with van der Waals surface area (Å²) in [7, 11) is 0. The van der Waals surface area contributed by atoms with Crippen LogP contribution >= 0.6 is 0 Å². The Morgan fingerprint density at radius 1 is 1.30 bits per heavy atom. The van der Waals surface area contributed by atoms with Gasteiger partial charge >= 0.3 is 5.97 Å². The van der Waals surface area contributed by atoms with Crippen molar-refractivity contribution in [2.45, 2.75) is 19.9 Å². The number of rotatable bonds is 4. The Kier molecular flexibility index (Phi) is 3.89. The molecule has 0 unspecified atom stereocenters. The number of aromatic nitrogens is 1. The van der Waals surface area contributed by atoms with E-state index in [4.69, 9.17) is 10.8 Å². The number of carboxylic acids is 1. The normalized spacial score (nSPS) is 10.4. The fraction of sp³-hybridized carbons (Fsp3) is 0.200. The number of nitrogen functional groups attached to an aromatic ring is 1. The molecule has 2 rings (SSSR count). The molecule has 104 valence electrons. The average molecular weight is 272 g/mol. The van der Waals surface area contributed by atoms with E-state index in [9.17, 15) is 9.59 Å². The summed E-state index contributed by atoms with van der Waals surface area (Å²) in [5, 5.41) is 8.81. The van der Waals surface area contributed by atoms with E-state index in [0.29, 0.717) is 12.1 Å². The second kappa shape index (κ2) is 5.61. The van der Waals surface area contributed by atoms with Crippen molar-refractivity contribution in [1.82, 2.24) is 4.57 Å². The Labute approximate surface area is 116 Å². The van der Waals surface area contributed by atoms with Crippen LogP contribution in [-0.2, 0) is 17.8 Å². The van der Waals surface area contributed by atoms with Gasteiger partial charge in [-0.1, -0.05) is 30.3 Å². The minimum atomic E-state index is -1.06. The van der Waals surface area contributed by atoms with Crippen molar-refractivity contribution in [2.75, 3.05) is 5.73 Å². The number of hydrogen-bond acceptors (Lipinski definition) is 3. The van der Waals surface area contributed by atoms with Crippen LogP contribution in [0.4, 0.5) is 5.69 Å². The van der Waals surface area contributed by atoms with E-state index in [-0.39, 0.29) is 12.2 Å². The minimum Gasteiger partial charge on any atom is -0.480 e. The molecule has 0 bridgehead atoms. The third-order valence-corrected chi connectivity index (χ3v) is 3.16. The molecule has 0 fully saturated rings. The number of anilines is 1. The monoisotopic (exact) mass is 272 g/mol. The number of nitrogens with two attached hydrogens (primary N) is 1. The molecular weight excluding hydrogens is 256 g/mol. The number of aryl methyl sites for hydroxylation is 1. The molecule has 0 aliphatic carbocycles. The van der Waals surface area contributed by atoms with E-state index in [0.717, 1.165) is 11.1 Å². The van der Waals surface area contributed by atoms with Crippen molar-refractivity contribution >= 4 is 11.7 Å².